The van der Waals surface area contributed by atoms with Gasteiger partial charge < -0.3 is 9.64 Å². The van der Waals surface area contributed by atoms with Gasteiger partial charge in [0.2, 0.25) is 5.88 Å². The third-order valence-electron chi connectivity index (χ3n) is 4.13. The Kier molecular flexibility index (Phi) is 6.30. The Hall–Kier alpha value is -1.36. The molecule has 1 aromatic carbocycles. The van der Waals surface area contributed by atoms with Crippen molar-refractivity contribution in [2.75, 3.05) is 26.2 Å². The summed E-state index contributed by atoms with van der Waals surface area (Å²) >= 11 is 12.0. The molecule has 0 radical (unpaired) electrons. The molecule has 2 aromatic rings. The highest BCUT2D eigenvalue weighted by atomic mass is 35.5. The second kappa shape index (κ2) is 8.65. The molecule has 2 heterocycles. The number of aromatic nitrogens is 2. The van der Waals surface area contributed by atoms with Gasteiger partial charge in [-0.05, 0) is 50.6 Å². The van der Waals surface area contributed by atoms with Crippen LogP contribution in [0.3, 0.4) is 0 Å². The van der Waals surface area contributed by atoms with E-state index in [2.05, 4.69) is 14.9 Å². The number of hydrogen-bond donors (Lipinski definition) is 0. The summed E-state index contributed by atoms with van der Waals surface area (Å²) in [5.41, 5.74) is 0.822. The maximum Gasteiger partial charge on any atom is 0.216 e. The number of piperidine rings is 1. The maximum absolute atomic E-state index is 6.06. The summed E-state index contributed by atoms with van der Waals surface area (Å²) < 4.78 is 5.78. The van der Waals surface area contributed by atoms with Crippen molar-refractivity contribution >= 4 is 23.2 Å². The molecule has 1 aromatic heterocycles. The quantitative estimate of drug-likeness (QED) is 0.695. The highest BCUT2D eigenvalue weighted by Crippen LogP contribution is 2.27. The van der Waals surface area contributed by atoms with Crippen molar-refractivity contribution < 1.29 is 4.74 Å². The number of hydrogen-bond acceptors (Lipinski definition) is 4. The fourth-order valence-electron chi connectivity index (χ4n) is 2.84. The average molecular weight is 366 g/mol. The minimum Gasteiger partial charge on any atom is -0.478 e. The zero-order chi connectivity index (χ0) is 16.8. The summed E-state index contributed by atoms with van der Waals surface area (Å²) in [6, 6.07) is 7.14. The summed E-state index contributed by atoms with van der Waals surface area (Å²) in [4.78, 5) is 11.2. The Balaban J connectivity index is 1.54. The van der Waals surface area contributed by atoms with E-state index in [9.17, 15) is 0 Å². The van der Waals surface area contributed by atoms with E-state index < -0.39 is 0 Å². The van der Waals surface area contributed by atoms with Crippen LogP contribution in [-0.4, -0.2) is 41.1 Å². The molecular formula is C18H21Cl2N3O. The monoisotopic (exact) mass is 365 g/mol. The molecule has 4 nitrogen and oxygen atoms in total. The van der Waals surface area contributed by atoms with Gasteiger partial charge in [0.1, 0.15) is 0 Å². The molecule has 0 saturated carbocycles. The first kappa shape index (κ1) is 17.5. The zero-order valence-electron chi connectivity index (χ0n) is 13.5. The molecule has 128 valence electrons. The number of rotatable bonds is 6. The van der Waals surface area contributed by atoms with Crippen LogP contribution >= 0.6 is 23.2 Å². The van der Waals surface area contributed by atoms with Crippen molar-refractivity contribution in [3.8, 4) is 17.3 Å². The van der Waals surface area contributed by atoms with Crippen molar-refractivity contribution in [1.82, 2.24) is 14.9 Å². The van der Waals surface area contributed by atoms with Crippen molar-refractivity contribution in [2.24, 2.45) is 0 Å². The number of likely N-dealkylation sites (tertiary alicyclic amines) is 1. The highest BCUT2D eigenvalue weighted by Gasteiger charge is 2.10. The van der Waals surface area contributed by atoms with Crippen LogP contribution in [0.25, 0.3) is 11.4 Å². The molecule has 0 unspecified atom stereocenters. The Bertz CT molecular complexity index is 675. The summed E-state index contributed by atoms with van der Waals surface area (Å²) in [6.45, 7) is 4.18. The van der Waals surface area contributed by atoms with Gasteiger partial charge in [-0.1, -0.05) is 29.6 Å². The Morgan fingerprint density at radius 1 is 1.04 bits per heavy atom. The Morgan fingerprint density at radius 3 is 2.67 bits per heavy atom. The van der Waals surface area contributed by atoms with E-state index in [0.717, 1.165) is 18.5 Å². The second-order valence-corrected chi connectivity index (χ2v) is 6.77. The molecule has 1 saturated heterocycles. The molecule has 1 aliphatic rings. The lowest BCUT2D eigenvalue weighted by Crippen LogP contribution is -2.31. The maximum atomic E-state index is 6.06. The van der Waals surface area contributed by atoms with E-state index in [1.807, 2.05) is 6.07 Å². The molecule has 1 fully saturated rings. The van der Waals surface area contributed by atoms with Gasteiger partial charge in [0.25, 0.3) is 0 Å². The fourth-order valence-corrected chi connectivity index (χ4v) is 3.14. The van der Waals surface area contributed by atoms with Crippen LogP contribution in [0.1, 0.15) is 25.7 Å². The second-order valence-electron chi connectivity index (χ2n) is 5.95. The van der Waals surface area contributed by atoms with Gasteiger partial charge in [-0.2, -0.15) is 4.98 Å². The van der Waals surface area contributed by atoms with Crippen molar-refractivity contribution in [3.63, 3.8) is 0 Å². The minimum atomic E-state index is 0.491. The number of halogens is 2. The van der Waals surface area contributed by atoms with Gasteiger partial charge in [-0.25, -0.2) is 4.98 Å². The van der Waals surface area contributed by atoms with Crippen LogP contribution in [0.2, 0.25) is 10.0 Å². The molecule has 0 aliphatic carbocycles. The summed E-state index contributed by atoms with van der Waals surface area (Å²) in [5, 5.41) is 1.01. The molecule has 0 amide bonds. The van der Waals surface area contributed by atoms with Gasteiger partial charge >= 0.3 is 0 Å². The van der Waals surface area contributed by atoms with Crippen LogP contribution in [-0.2, 0) is 0 Å². The smallest absolute Gasteiger partial charge is 0.216 e. The number of ether oxygens (including phenoxy) is 1. The standard InChI is InChI=1S/C18H21Cl2N3O/c19-15-6-5-14(13-16(15)20)18-21-8-7-17(22-18)24-12-4-11-23-9-2-1-3-10-23/h5-8,13H,1-4,9-12H2. The fraction of sp³-hybridized carbons (Fsp3) is 0.444. The summed E-state index contributed by atoms with van der Waals surface area (Å²) in [7, 11) is 0. The van der Waals surface area contributed by atoms with E-state index in [1.54, 1.807) is 24.4 Å². The first-order chi connectivity index (χ1) is 11.7. The van der Waals surface area contributed by atoms with E-state index in [4.69, 9.17) is 27.9 Å². The largest absolute Gasteiger partial charge is 0.478 e. The Morgan fingerprint density at radius 2 is 1.88 bits per heavy atom. The lowest BCUT2D eigenvalue weighted by molar-refractivity contribution is 0.203. The van der Waals surface area contributed by atoms with E-state index in [-0.39, 0.29) is 0 Å². The topological polar surface area (TPSA) is 38.2 Å². The molecular weight excluding hydrogens is 345 g/mol. The van der Waals surface area contributed by atoms with E-state index in [0.29, 0.717) is 28.4 Å². The van der Waals surface area contributed by atoms with E-state index >= 15 is 0 Å². The van der Waals surface area contributed by atoms with Crippen LogP contribution < -0.4 is 4.74 Å². The molecule has 24 heavy (non-hydrogen) atoms. The summed E-state index contributed by atoms with van der Waals surface area (Å²) in [6.07, 6.45) is 6.71. The molecule has 0 atom stereocenters. The van der Waals surface area contributed by atoms with Gasteiger partial charge in [0, 0.05) is 24.4 Å². The Labute approximate surface area is 152 Å². The zero-order valence-corrected chi connectivity index (χ0v) is 15.1. The minimum absolute atomic E-state index is 0.491. The summed E-state index contributed by atoms with van der Waals surface area (Å²) in [5.74, 6) is 1.17. The number of benzene rings is 1. The average Bonchev–Trinajstić information content (AvgIpc) is 2.62. The molecule has 0 bridgehead atoms. The van der Waals surface area contributed by atoms with Crippen molar-refractivity contribution in [1.29, 1.82) is 0 Å². The normalized spacial score (nSPS) is 15.4. The van der Waals surface area contributed by atoms with Crippen LogP contribution in [0.15, 0.2) is 30.5 Å². The van der Waals surface area contributed by atoms with Crippen LogP contribution in [0.5, 0.6) is 5.88 Å². The first-order valence-electron chi connectivity index (χ1n) is 8.36. The van der Waals surface area contributed by atoms with Gasteiger partial charge in [0.15, 0.2) is 5.82 Å². The van der Waals surface area contributed by atoms with Crippen molar-refractivity contribution in [3.05, 3.63) is 40.5 Å². The molecule has 0 spiro atoms. The first-order valence-corrected chi connectivity index (χ1v) is 9.11. The molecule has 1 aliphatic heterocycles. The SMILES string of the molecule is Clc1ccc(-c2nccc(OCCCN3CCCCC3)n2)cc1Cl. The number of nitrogens with zero attached hydrogens (tertiary/aromatic N) is 3. The highest BCUT2D eigenvalue weighted by molar-refractivity contribution is 6.42. The lowest BCUT2D eigenvalue weighted by atomic mass is 10.1. The van der Waals surface area contributed by atoms with Crippen molar-refractivity contribution in [2.45, 2.75) is 25.7 Å². The molecule has 3 rings (SSSR count). The third kappa shape index (κ3) is 4.82. The van der Waals surface area contributed by atoms with E-state index in [1.165, 1.54) is 32.4 Å². The van der Waals surface area contributed by atoms with Gasteiger partial charge in [-0.3, -0.25) is 0 Å². The predicted octanol–water partition coefficient (Wildman–Crippen LogP) is 4.71. The predicted molar refractivity (Wildman–Crippen MR) is 97.9 cm³/mol. The van der Waals surface area contributed by atoms with Gasteiger partial charge in [0.05, 0.1) is 16.7 Å². The lowest BCUT2D eigenvalue weighted by Gasteiger charge is -2.26. The molecule has 0 N–H and O–H groups in total. The molecule has 6 heteroatoms. The van der Waals surface area contributed by atoms with Gasteiger partial charge in [-0.15, -0.1) is 0 Å². The third-order valence-corrected chi connectivity index (χ3v) is 4.86. The van der Waals surface area contributed by atoms with Crippen LogP contribution in [0, 0.1) is 0 Å². The van der Waals surface area contributed by atoms with Crippen LogP contribution in [0.4, 0.5) is 0 Å².